The molecule has 1 aromatic carbocycles. The number of carbonyl (C=O) groups excluding carboxylic acids is 1. The van der Waals surface area contributed by atoms with Crippen molar-refractivity contribution in [3.05, 3.63) is 35.9 Å². The van der Waals surface area contributed by atoms with E-state index in [0.717, 1.165) is 24.2 Å². The Hall–Kier alpha value is -1.73. The van der Waals surface area contributed by atoms with Crippen LogP contribution >= 0.6 is 11.8 Å². The predicted octanol–water partition coefficient (Wildman–Crippen LogP) is 3.45. The van der Waals surface area contributed by atoms with Crippen LogP contribution in [0.15, 0.2) is 30.3 Å². The monoisotopic (exact) mass is 381 g/mol. The van der Waals surface area contributed by atoms with Crippen molar-refractivity contribution in [3.63, 3.8) is 0 Å². The van der Waals surface area contributed by atoms with Crippen LogP contribution in [0.1, 0.15) is 38.7 Å². The van der Waals surface area contributed by atoms with Crippen molar-refractivity contribution in [1.82, 2.24) is 5.32 Å². The van der Waals surface area contributed by atoms with Crippen molar-refractivity contribution in [2.45, 2.75) is 57.5 Å². The fourth-order valence-electron chi connectivity index (χ4n) is 2.78. The lowest BCUT2D eigenvalue weighted by atomic mass is 10.1. The molecule has 26 heavy (non-hydrogen) atoms. The molecule has 2 unspecified atom stereocenters. The summed E-state index contributed by atoms with van der Waals surface area (Å²) in [5.74, 6) is 0.422. The summed E-state index contributed by atoms with van der Waals surface area (Å²) in [6.45, 7) is 4.29. The average Bonchev–Trinajstić information content (AvgIpc) is 2.95. The first kappa shape index (κ1) is 20.6. The number of aliphatic carboxylic acids is 1. The van der Waals surface area contributed by atoms with Crippen LogP contribution in [0.5, 0.6) is 0 Å². The second kappa shape index (κ2) is 9.83. The number of hydrogen-bond donors (Lipinski definition) is 2. The molecule has 1 aliphatic rings. The lowest BCUT2D eigenvalue weighted by Gasteiger charge is -2.19. The van der Waals surface area contributed by atoms with Crippen LogP contribution in [0.3, 0.4) is 0 Å². The maximum absolute atomic E-state index is 11.8. The van der Waals surface area contributed by atoms with E-state index in [9.17, 15) is 14.7 Å². The van der Waals surface area contributed by atoms with Crippen LogP contribution in [0, 0.1) is 0 Å². The maximum atomic E-state index is 11.8. The molecule has 0 bridgehead atoms. The van der Waals surface area contributed by atoms with Gasteiger partial charge in [-0.05, 0) is 44.4 Å². The Morgan fingerprint density at radius 2 is 2.12 bits per heavy atom. The lowest BCUT2D eigenvalue weighted by Crippen LogP contribution is -2.41. The van der Waals surface area contributed by atoms with E-state index in [-0.39, 0.29) is 18.3 Å². The molecule has 0 radical (unpaired) electrons. The van der Waals surface area contributed by atoms with Gasteiger partial charge in [0, 0.05) is 5.75 Å². The number of hydrogen-bond acceptors (Lipinski definition) is 5. The van der Waals surface area contributed by atoms with Crippen LogP contribution in [-0.4, -0.2) is 46.4 Å². The molecule has 0 aromatic heterocycles. The SMILES string of the molecule is CC1(C)CCC(CSCCC(NC(=O)OCc2ccccc2)C(=O)O)O1. The highest BCUT2D eigenvalue weighted by molar-refractivity contribution is 7.99. The van der Waals surface area contributed by atoms with Crippen molar-refractivity contribution >= 4 is 23.8 Å². The minimum absolute atomic E-state index is 0.0567. The molecule has 2 N–H and O–H groups in total. The first-order chi connectivity index (χ1) is 12.4. The summed E-state index contributed by atoms with van der Waals surface area (Å²) in [4.78, 5) is 23.2. The van der Waals surface area contributed by atoms with E-state index in [1.54, 1.807) is 11.8 Å². The van der Waals surface area contributed by atoms with Gasteiger partial charge in [0.25, 0.3) is 0 Å². The third-order valence-corrected chi connectivity index (χ3v) is 5.34. The molecule has 1 aliphatic heterocycles. The molecule has 7 heteroatoms. The highest BCUT2D eigenvalue weighted by atomic mass is 32.2. The Kier molecular flexibility index (Phi) is 7.78. The molecule has 1 saturated heterocycles. The highest BCUT2D eigenvalue weighted by Gasteiger charge is 2.31. The van der Waals surface area contributed by atoms with Crippen LogP contribution in [0.25, 0.3) is 0 Å². The molecule has 2 atom stereocenters. The van der Waals surface area contributed by atoms with Gasteiger partial charge in [0.05, 0.1) is 11.7 Å². The smallest absolute Gasteiger partial charge is 0.408 e. The zero-order valence-corrected chi connectivity index (χ0v) is 16.1. The van der Waals surface area contributed by atoms with E-state index >= 15 is 0 Å². The molecule has 1 fully saturated rings. The summed E-state index contributed by atoms with van der Waals surface area (Å²) >= 11 is 1.65. The maximum Gasteiger partial charge on any atom is 0.408 e. The molecule has 144 valence electrons. The molecular weight excluding hydrogens is 354 g/mol. The number of alkyl carbamates (subject to hydrolysis) is 1. The Bertz CT molecular complexity index is 593. The van der Waals surface area contributed by atoms with E-state index in [0.29, 0.717) is 12.2 Å². The molecule has 1 aromatic rings. The normalized spacial score (nSPS) is 19.7. The van der Waals surface area contributed by atoms with Crippen LogP contribution in [-0.2, 0) is 20.9 Å². The van der Waals surface area contributed by atoms with Gasteiger partial charge in [0.1, 0.15) is 12.6 Å². The largest absolute Gasteiger partial charge is 0.480 e. The number of nitrogens with one attached hydrogen (secondary N) is 1. The topological polar surface area (TPSA) is 84.9 Å². The standard InChI is InChI=1S/C19H27NO5S/c1-19(2)10-8-15(25-19)13-26-11-9-16(17(21)22)20-18(23)24-12-14-6-4-3-5-7-14/h3-7,15-16H,8-13H2,1-2H3,(H,20,23)(H,21,22). The predicted molar refractivity (Wildman–Crippen MR) is 101 cm³/mol. The molecule has 0 saturated carbocycles. The van der Waals surface area contributed by atoms with Crippen molar-refractivity contribution in [1.29, 1.82) is 0 Å². The highest BCUT2D eigenvalue weighted by Crippen LogP contribution is 2.31. The number of carboxylic acid groups (broad SMARTS) is 1. The second-order valence-electron chi connectivity index (χ2n) is 7.00. The van der Waals surface area contributed by atoms with E-state index in [4.69, 9.17) is 9.47 Å². The van der Waals surface area contributed by atoms with Gasteiger partial charge in [-0.3, -0.25) is 0 Å². The lowest BCUT2D eigenvalue weighted by molar-refractivity contribution is -0.139. The van der Waals surface area contributed by atoms with E-state index in [2.05, 4.69) is 19.2 Å². The zero-order valence-electron chi connectivity index (χ0n) is 15.3. The summed E-state index contributed by atoms with van der Waals surface area (Å²) < 4.78 is 11.0. The van der Waals surface area contributed by atoms with Crippen LogP contribution < -0.4 is 5.32 Å². The number of amides is 1. The van der Waals surface area contributed by atoms with Gasteiger partial charge in [0.2, 0.25) is 0 Å². The molecule has 0 spiro atoms. The summed E-state index contributed by atoms with van der Waals surface area (Å²) in [5.41, 5.74) is 0.795. The van der Waals surface area contributed by atoms with E-state index < -0.39 is 18.1 Å². The number of ether oxygens (including phenoxy) is 2. The van der Waals surface area contributed by atoms with Gasteiger partial charge < -0.3 is 19.9 Å². The molecule has 2 rings (SSSR count). The number of carbonyl (C=O) groups is 2. The summed E-state index contributed by atoms with van der Waals surface area (Å²) in [6.07, 6.45) is 1.93. The van der Waals surface area contributed by atoms with Crippen molar-refractivity contribution in [2.75, 3.05) is 11.5 Å². The quantitative estimate of drug-likeness (QED) is 0.638. The first-order valence-electron chi connectivity index (χ1n) is 8.81. The summed E-state index contributed by atoms with van der Waals surface area (Å²) in [5, 5.41) is 11.7. The third-order valence-electron chi connectivity index (χ3n) is 4.21. The van der Waals surface area contributed by atoms with E-state index in [1.807, 2.05) is 30.3 Å². The van der Waals surface area contributed by atoms with Crippen molar-refractivity contribution in [2.24, 2.45) is 0 Å². The van der Waals surface area contributed by atoms with Gasteiger partial charge >= 0.3 is 12.1 Å². The fourth-order valence-corrected chi connectivity index (χ4v) is 3.84. The van der Waals surface area contributed by atoms with Crippen LogP contribution in [0.4, 0.5) is 4.79 Å². The molecule has 0 aliphatic carbocycles. The second-order valence-corrected chi connectivity index (χ2v) is 8.15. The first-order valence-corrected chi connectivity index (χ1v) is 9.97. The Morgan fingerprint density at radius 3 is 2.73 bits per heavy atom. The number of carboxylic acids is 1. The fraction of sp³-hybridized carbons (Fsp3) is 0.579. The van der Waals surface area contributed by atoms with Gasteiger partial charge in [-0.15, -0.1) is 0 Å². The number of benzene rings is 1. The van der Waals surface area contributed by atoms with Gasteiger partial charge in [-0.2, -0.15) is 11.8 Å². The minimum atomic E-state index is -1.06. The summed E-state index contributed by atoms with van der Waals surface area (Å²) in [7, 11) is 0. The average molecular weight is 381 g/mol. The zero-order chi connectivity index (χ0) is 19.0. The van der Waals surface area contributed by atoms with Gasteiger partial charge in [-0.1, -0.05) is 30.3 Å². The van der Waals surface area contributed by atoms with Gasteiger partial charge in [0.15, 0.2) is 0 Å². The van der Waals surface area contributed by atoms with Gasteiger partial charge in [-0.25, -0.2) is 9.59 Å². The van der Waals surface area contributed by atoms with Crippen molar-refractivity contribution < 1.29 is 24.2 Å². The summed E-state index contributed by atoms with van der Waals surface area (Å²) in [6, 6.07) is 8.30. The third kappa shape index (κ3) is 7.25. The number of thioether (sulfide) groups is 1. The van der Waals surface area contributed by atoms with Crippen molar-refractivity contribution in [3.8, 4) is 0 Å². The Morgan fingerprint density at radius 1 is 1.38 bits per heavy atom. The van der Waals surface area contributed by atoms with E-state index in [1.165, 1.54) is 0 Å². The molecule has 1 amide bonds. The minimum Gasteiger partial charge on any atom is -0.480 e. The Labute approximate surface area is 158 Å². The molecule has 6 nitrogen and oxygen atoms in total. The molecular formula is C19H27NO5S. The van der Waals surface area contributed by atoms with Crippen LogP contribution in [0.2, 0.25) is 0 Å². The Balaban J connectivity index is 1.66. The molecule has 1 heterocycles. The number of rotatable bonds is 9.